The van der Waals surface area contributed by atoms with Crippen molar-refractivity contribution in [3.63, 3.8) is 0 Å². The number of rotatable bonds is 3. The molecule has 29 heavy (non-hydrogen) atoms. The van der Waals surface area contributed by atoms with Crippen LogP contribution in [-0.4, -0.2) is 34.6 Å². The van der Waals surface area contributed by atoms with Gasteiger partial charge in [-0.2, -0.15) is 13.2 Å². The van der Waals surface area contributed by atoms with Crippen molar-refractivity contribution in [2.24, 2.45) is 0 Å². The first-order valence-corrected chi connectivity index (χ1v) is 9.60. The van der Waals surface area contributed by atoms with E-state index >= 15 is 0 Å². The van der Waals surface area contributed by atoms with Crippen LogP contribution in [0.1, 0.15) is 31.2 Å². The Hall–Kier alpha value is -2.90. The zero-order chi connectivity index (χ0) is 20.8. The Balaban J connectivity index is 1.98. The van der Waals surface area contributed by atoms with Gasteiger partial charge in [0.05, 0.1) is 16.6 Å². The summed E-state index contributed by atoms with van der Waals surface area (Å²) in [7, 11) is 1.74. The van der Waals surface area contributed by atoms with Gasteiger partial charge in [0, 0.05) is 30.9 Å². The number of anilines is 2. The number of hydrogen-bond donors (Lipinski definition) is 1. The van der Waals surface area contributed by atoms with Crippen LogP contribution in [0.2, 0.25) is 0 Å². The maximum Gasteiger partial charge on any atom is 0.417 e. The van der Waals surface area contributed by atoms with E-state index in [9.17, 15) is 13.2 Å². The standard InChI is InChI=1S/C21H22F3N5/c1-12-6-5-11-29(12)17-8-4-7-15(21(22,23)24)18(17)16-10-9-14-19(25-3)26-13(2)27-20(14)28-16/h4,7-10,12H,5-6,11H2,1-3H3,(H,25,26,27,28). The van der Waals surface area contributed by atoms with Crippen LogP contribution in [0.5, 0.6) is 0 Å². The summed E-state index contributed by atoms with van der Waals surface area (Å²) in [5.74, 6) is 1.10. The van der Waals surface area contributed by atoms with Gasteiger partial charge in [-0.05, 0) is 51.0 Å². The van der Waals surface area contributed by atoms with Gasteiger partial charge >= 0.3 is 6.18 Å². The molecule has 0 spiro atoms. The number of aromatic nitrogens is 3. The Kier molecular flexibility index (Phi) is 4.80. The average molecular weight is 401 g/mol. The fourth-order valence-electron chi connectivity index (χ4n) is 4.02. The monoisotopic (exact) mass is 401 g/mol. The predicted octanol–water partition coefficient (Wildman–Crippen LogP) is 5.05. The number of hydrogen-bond acceptors (Lipinski definition) is 5. The molecule has 1 atom stereocenters. The third-order valence-corrected chi connectivity index (χ3v) is 5.37. The van der Waals surface area contributed by atoms with Crippen LogP contribution < -0.4 is 10.2 Å². The molecule has 1 aliphatic heterocycles. The highest BCUT2D eigenvalue weighted by molar-refractivity contribution is 5.90. The molecule has 0 saturated carbocycles. The molecule has 8 heteroatoms. The van der Waals surface area contributed by atoms with Crippen molar-refractivity contribution < 1.29 is 13.2 Å². The van der Waals surface area contributed by atoms with E-state index < -0.39 is 11.7 Å². The molecule has 1 aromatic carbocycles. The summed E-state index contributed by atoms with van der Waals surface area (Å²) in [4.78, 5) is 15.2. The lowest BCUT2D eigenvalue weighted by Crippen LogP contribution is -2.27. The Morgan fingerprint density at radius 3 is 2.55 bits per heavy atom. The number of aryl methyl sites for hydroxylation is 1. The van der Waals surface area contributed by atoms with E-state index in [4.69, 9.17) is 0 Å². The van der Waals surface area contributed by atoms with E-state index in [0.717, 1.165) is 25.5 Å². The normalized spacial score (nSPS) is 17.2. The molecule has 152 valence electrons. The van der Waals surface area contributed by atoms with E-state index in [1.165, 1.54) is 6.07 Å². The molecular weight excluding hydrogens is 379 g/mol. The third kappa shape index (κ3) is 3.47. The van der Waals surface area contributed by atoms with Gasteiger partial charge in [0.15, 0.2) is 5.65 Å². The van der Waals surface area contributed by atoms with E-state index in [-0.39, 0.29) is 17.3 Å². The maximum atomic E-state index is 13.9. The fourth-order valence-corrected chi connectivity index (χ4v) is 4.02. The second kappa shape index (κ2) is 7.17. The average Bonchev–Trinajstić information content (AvgIpc) is 3.11. The van der Waals surface area contributed by atoms with Crippen molar-refractivity contribution in [2.75, 3.05) is 23.8 Å². The van der Waals surface area contributed by atoms with Crippen molar-refractivity contribution in [1.82, 2.24) is 15.0 Å². The van der Waals surface area contributed by atoms with E-state index in [1.54, 1.807) is 32.2 Å². The minimum absolute atomic E-state index is 0.109. The number of alkyl halides is 3. The molecule has 0 amide bonds. The molecule has 3 heterocycles. The zero-order valence-corrected chi connectivity index (χ0v) is 16.5. The Labute approximate surface area is 167 Å². The van der Waals surface area contributed by atoms with Gasteiger partial charge in [0.2, 0.25) is 0 Å². The molecule has 5 nitrogen and oxygen atoms in total. The summed E-state index contributed by atoms with van der Waals surface area (Å²) in [6.07, 6.45) is -2.57. The van der Waals surface area contributed by atoms with Gasteiger partial charge < -0.3 is 10.2 Å². The number of pyridine rings is 1. The van der Waals surface area contributed by atoms with E-state index in [2.05, 4.69) is 20.3 Å². The van der Waals surface area contributed by atoms with Crippen molar-refractivity contribution in [2.45, 2.75) is 38.9 Å². The lowest BCUT2D eigenvalue weighted by molar-refractivity contribution is -0.137. The highest BCUT2D eigenvalue weighted by atomic mass is 19.4. The Bertz CT molecular complexity index is 1060. The fraction of sp³-hybridized carbons (Fsp3) is 0.381. The van der Waals surface area contributed by atoms with Gasteiger partial charge in [0.1, 0.15) is 11.6 Å². The molecule has 0 aliphatic carbocycles. The molecule has 1 aliphatic rings. The van der Waals surface area contributed by atoms with Crippen molar-refractivity contribution in [3.05, 3.63) is 41.7 Å². The summed E-state index contributed by atoms with van der Waals surface area (Å²) in [5, 5.41) is 3.66. The molecule has 1 saturated heterocycles. The van der Waals surface area contributed by atoms with Crippen molar-refractivity contribution >= 4 is 22.5 Å². The van der Waals surface area contributed by atoms with Crippen LogP contribution in [0.4, 0.5) is 24.7 Å². The van der Waals surface area contributed by atoms with Crippen LogP contribution in [0.3, 0.4) is 0 Å². The number of fused-ring (bicyclic) bond motifs is 1. The minimum atomic E-state index is -4.48. The molecular formula is C21H22F3N5. The maximum absolute atomic E-state index is 13.9. The van der Waals surface area contributed by atoms with Gasteiger partial charge in [-0.1, -0.05) is 6.07 Å². The van der Waals surface area contributed by atoms with Gasteiger partial charge in [-0.3, -0.25) is 0 Å². The molecule has 2 aromatic heterocycles. The number of benzene rings is 1. The van der Waals surface area contributed by atoms with Crippen LogP contribution in [0.25, 0.3) is 22.3 Å². The third-order valence-electron chi connectivity index (χ3n) is 5.37. The van der Waals surface area contributed by atoms with Crippen LogP contribution in [0, 0.1) is 6.92 Å². The van der Waals surface area contributed by atoms with E-state index in [0.29, 0.717) is 28.4 Å². The highest BCUT2D eigenvalue weighted by Gasteiger charge is 2.37. The topological polar surface area (TPSA) is 53.9 Å². The van der Waals surface area contributed by atoms with Gasteiger partial charge in [-0.25, -0.2) is 15.0 Å². The quantitative estimate of drug-likeness (QED) is 0.666. The molecule has 0 radical (unpaired) electrons. The SMILES string of the molecule is CNc1nc(C)nc2nc(-c3c(N4CCCC4C)cccc3C(F)(F)F)ccc12. The van der Waals surface area contributed by atoms with Crippen molar-refractivity contribution in [1.29, 1.82) is 0 Å². The highest BCUT2D eigenvalue weighted by Crippen LogP contribution is 2.43. The molecule has 4 rings (SSSR count). The number of halogens is 3. The lowest BCUT2D eigenvalue weighted by Gasteiger charge is -2.28. The van der Waals surface area contributed by atoms with Crippen LogP contribution >= 0.6 is 0 Å². The van der Waals surface area contributed by atoms with Gasteiger partial charge in [-0.15, -0.1) is 0 Å². The first-order valence-electron chi connectivity index (χ1n) is 9.60. The van der Waals surface area contributed by atoms with E-state index in [1.807, 2.05) is 11.8 Å². The Morgan fingerprint density at radius 2 is 1.90 bits per heavy atom. The zero-order valence-electron chi connectivity index (χ0n) is 16.5. The summed E-state index contributed by atoms with van der Waals surface area (Å²) in [6.45, 7) is 4.50. The number of nitrogens with one attached hydrogen (secondary N) is 1. The predicted molar refractivity (Wildman–Crippen MR) is 108 cm³/mol. The lowest BCUT2D eigenvalue weighted by atomic mass is 9.99. The summed E-state index contributed by atoms with van der Waals surface area (Å²) in [6, 6.07) is 7.87. The summed E-state index contributed by atoms with van der Waals surface area (Å²) >= 11 is 0. The molecule has 1 unspecified atom stereocenters. The first-order chi connectivity index (χ1) is 13.8. The second-order valence-electron chi connectivity index (χ2n) is 7.32. The molecule has 1 N–H and O–H groups in total. The summed E-state index contributed by atoms with van der Waals surface area (Å²) in [5.41, 5.74) is 0.631. The molecule has 0 bridgehead atoms. The Morgan fingerprint density at radius 1 is 1.10 bits per heavy atom. The second-order valence-corrected chi connectivity index (χ2v) is 7.32. The number of nitrogens with zero attached hydrogens (tertiary/aromatic N) is 4. The smallest absolute Gasteiger partial charge is 0.372 e. The van der Waals surface area contributed by atoms with Crippen LogP contribution in [-0.2, 0) is 6.18 Å². The minimum Gasteiger partial charge on any atom is -0.372 e. The van der Waals surface area contributed by atoms with Gasteiger partial charge in [0.25, 0.3) is 0 Å². The molecule has 3 aromatic rings. The molecule has 1 fully saturated rings. The summed E-state index contributed by atoms with van der Waals surface area (Å²) < 4.78 is 41.7. The van der Waals surface area contributed by atoms with Crippen molar-refractivity contribution in [3.8, 4) is 11.3 Å². The largest absolute Gasteiger partial charge is 0.417 e. The first kappa shape index (κ1) is 19.4. The van der Waals surface area contributed by atoms with Crippen LogP contribution in [0.15, 0.2) is 30.3 Å².